The van der Waals surface area contributed by atoms with E-state index >= 15 is 0 Å². The third-order valence-electron chi connectivity index (χ3n) is 4.28. The van der Waals surface area contributed by atoms with Crippen molar-refractivity contribution in [3.63, 3.8) is 0 Å². The molecule has 0 saturated carbocycles. The van der Waals surface area contributed by atoms with Crippen molar-refractivity contribution in [2.45, 2.75) is 6.92 Å². The number of para-hydroxylation sites is 1. The summed E-state index contributed by atoms with van der Waals surface area (Å²) in [5, 5.41) is 7.60. The Balaban J connectivity index is 1.41. The number of amides is 2. The Kier molecular flexibility index (Phi) is 3.68. The van der Waals surface area contributed by atoms with E-state index in [0.29, 0.717) is 24.5 Å². The topological polar surface area (TPSA) is 88.3 Å². The lowest BCUT2D eigenvalue weighted by atomic mass is 9.98. The van der Waals surface area contributed by atoms with Crippen molar-refractivity contribution in [3.05, 3.63) is 54.0 Å². The Hall–Kier alpha value is -3.22. The largest absolute Gasteiger partial charge is 0.361 e. The molecule has 1 saturated heterocycles. The number of pyridine rings is 1. The molecular weight excluding hydrogens is 320 g/mol. The lowest BCUT2D eigenvalue weighted by Crippen LogP contribution is -2.54. The molecule has 25 heavy (non-hydrogen) atoms. The molecule has 1 aliphatic rings. The molecule has 1 N–H and O–H groups in total. The number of aromatic nitrogens is 2. The molecule has 0 spiro atoms. The SMILES string of the molecule is Cc1cc(C(=O)N2CC(C(=O)Nc3cccc4cccnc34)C2)no1. The van der Waals surface area contributed by atoms with Crippen LogP contribution in [-0.2, 0) is 4.79 Å². The van der Waals surface area contributed by atoms with Crippen LogP contribution in [0.2, 0.25) is 0 Å². The van der Waals surface area contributed by atoms with Gasteiger partial charge in [0.25, 0.3) is 5.91 Å². The van der Waals surface area contributed by atoms with E-state index in [0.717, 1.165) is 10.9 Å². The molecule has 3 heterocycles. The molecule has 7 heteroatoms. The smallest absolute Gasteiger partial charge is 0.276 e. The van der Waals surface area contributed by atoms with Gasteiger partial charge in [0.1, 0.15) is 5.76 Å². The molecule has 1 aliphatic heterocycles. The van der Waals surface area contributed by atoms with Crippen molar-refractivity contribution in [1.29, 1.82) is 0 Å². The fraction of sp³-hybridized carbons (Fsp3) is 0.222. The van der Waals surface area contributed by atoms with Gasteiger partial charge >= 0.3 is 0 Å². The molecule has 0 atom stereocenters. The van der Waals surface area contributed by atoms with E-state index in [2.05, 4.69) is 15.5 Å². The van der Waals surface area contributed by atoms with Crippen LogP contribution in [0.5, 0.6) is 0 Å². The first-order valence-corrected chi connectivity index (χ1v) is 7.99. The molecule has 2 amide bonds. The summed E-state index contributed by atoms with van der Waals surface area (Å²) in [6.07, 6.45) is 1.70. The zero-order chi connectivity index (χ0) is 17.4. The second kappa shape index (κ2) is 6.01. The quantitative estimate of drug-likeness (QED) is 0.792. The molecule has 3 aromatic rings. The van der Waals surface area contributed by atoms with Crippen LogP contribution in [0.1, 0.15) is 16.2 Å². The molecule has 2 aromatic heterocycles. The van der Waals surface area contributed by atoms with Crippen LogP contribution in [0, 0.1) is 12.8 Å². The Morgan fingerprint density at radius 3 is 2.80 bits per heavy atom. The summed E-state index contributed by atoms with van der Waals surface area (Å²) in [6, 6.07) is 11.0. The van der Waals surface area contributed by atoms with Crippen molar-refractivity contribution in [3.8, 4) is 0 Å². The molecule has 0 unspecified atom stereocenters. The molecule has 1 fully saturated rings. The number of hydrogen-bond donors (Lipinski definition) is 1. The standard InChI is InChI=1S/C18H16N4O3/c1-11-8-15(21-25-11)18(24)22-9-13(10-22)17(23)20-14-6-2-4-12-5-3-7-19-16(12)14/h2-8,13H,9-10H2,1H3,(H,20,23). The van der Waals surface area contributed by atoms with E-state index in [1.54, 1.807) is 24.1 Å². The second-order valence-electron chi connectivity index (χ2n) is 6.10. The first kappa shape index (κ1) is 15.3. The predicted molar refractivity (Wildman–Crippen MR) is 91.0 cm³/mol. The minimum Gasteiger partial charge on any atom is -0.361 e. The summed E-state index contributed by atoms with van der Waals surface area (Å²) in [4.78, 5) is 30.6. The summed E-state index contributed by atoms with van der Waals surface area (Å²) < 4.78 is 4.91. The highest BCUT2D eigenvalue weighted by molar-refractivity contribution is 6.02. The van der Waals surface area contributed by atoms with Crippen LogP contribution >= 0.6 is 0 Å². The number of anilines is 1. The molecule has 0 radical (unpaired) electrons. The van der Waals surface area contributed by atoms with Gasteiger partial charge in [0.15, 0.2) is 5.69 Å². The normalized spacial score (nSPS) is 14.4. The Bertz CT molecular complexity index is 954. The molecular formula is C18H16N4O3. The first-order valence-electron chi connectivity index (χ1n) is 7.99. The highest BCUT2D eigenvalue weighted by Crippen LogP contribution is 2.24. The van der Waals surface area contributed by atoms with Gasteiger partial charge in [-0.05, 0) is 19.1 Å². The van der Waals surface area contributed by atoms with Gasteiger partial charge in [-0.3, -0.25) is 14.6 Å². The third-order valence-corrected chi connectivity index (χ3v) is 4.28. The van der Waals surface area contributed by atoms with Crippen molar-refractivity contribution in [1.82, 2.24) is 15.0 Å². The number of likely N-dealkylation sites (tertiary alicyclic amines) is 1. The van der Waals surface area contributed by atoms with Crippen LogP contribution in [0.4, 0.5) is 5.69 Å². The maximum Gasteiger partial charge on any atom is 0.276 e. The molecule has 0 aliphatic carbocycles. The fourth-order valence-electron chi connectivity index (χ4n) is 2.88. The van der Waals surface area contributed by atoms with Crippen molar-refractivity contribution >= 4 is 28.4 Å². The summed E-state index contributed by atoms with van der Waals surface area (Å²) >= 11 is 0. The van der Waals surface area contributed by atoms with E-state index in [9.17, 15) is 9.59 Å². The molecule has 1 aromatic carbocycles. The number of fused-ring (bicyclic) bond motifs is 1. The zero-order valence-electron chi connectivity index (χ0n) is 13.6. The van der Waals surface area contributed by atoms with Gasteiger partial charge in [-0.1, -0.05) is 23.4 Å². The van der Waals surface area contributed by atoms with E-state index in [1.807, 2.05) is 30.3 Å². The van der Waals surface area contributed by atoms with E-state index < -0.39 is 0 Å². The Morgan fingerprint density at radius 1 is 1.24 bits per heavy atom. The number of nitrogens with zero attached hydrogens (tertiary/aromatic N) is 3. The minimum absolute atomic E-state index is 0.112. The van der Waals surface area contributed by atoms with Gasteiger partial charge in [0.05, 0.1) is 17.1 Å². The molecule has 126 valence electrons. The van der Waals surface area contributed by atoms with Crippen molar-refractivity contribution in [2.75, 3.05) is 18.4 Å². The average molecular weight is 336 g/mol. The third kappa shape index (κ3) is 2.84. The van der Waals surface area contributed by atoms with Gasteiger partial charge in [-0.2, -0.15) is 0 Å². The van der Waals surface area contributed by atoms with Crippen LogP contribution < -0.4 is 5.32 Å². The van der Waals surface area contributed by atoms with Crippen LogP contribution in [0.25, 0.3) is 10.9 Å². The monoisotopic (exact) mass is 336 g/mol. The van der Waals surface area contributed by atoms with Crippen molar-refractivity contribution in [2.24, 2.45) is 5.92 Å². The number of nitrogens with one attached hydrogen (secondary N) is 1. The van der Waals surface area contributed by atoms with E-state index in [4.69, 9.17) is 4.52 Å². The minimum atomic E-state index is -0.240. The summed E-state index contributed by atoms with van der Waals surface area (Å²) in [6.45, 7) is 2.47. The Morgan fingerprint density at radius 2 is 2.04 bits per heavy atom. The molecule has 0 bridgehead atoms. The summed E-state index contributed by atoms with van der Waals surface area (Å²) in [7, 11) is 0. The predicted octanol–water partition coefficient (Wildman–Crippen LogP) is 2.24. The van der Waals surface area contributed by atoms with Crippen LogP contribution in [0.15, 0.2) is 47.1 Å². The number of hydrogen-bond acceptors (Lipinski definition) is 5. The number of aryl methyl sites for hydroxylation is 1. The lowest BCUT2D eigenvalue weighted by molar-refractivity contribution is -0.123. The second-order valence-corrected chi connectivity index (χ2v) is 6.10. The number of carbonyl (C=O) groups is 2. The summed E-state index contributed by atoms with van der Waals surface area (Å²) in [5.74, 6) is 0.0174. The lowest BCUT2D eigenvalue weighted by Gasteiger charge is -2.37. The van der Waals surface area contributed by atoms with Gasteiger partial charge in [-0.25, -0.2) is 0 Å². The zero-order valence-corrected chi connectivity index (χ0v) is 13.6. The van der Waals surface area contributed by atoms with Crippen LogP contribution in [-0.4, -0.2) is 39.9 Å². The Labute approximate surface area is 143 Å². The molecule has 4 rings (SSSR count). The van der Waals surface area contributed by atoms with Gasteiger partial charge in [0.2, 0.25) is 5.91 Å². The van der Waals surface area contributed by atoms with Gasteiger partial charge in [0, 0.05) is 30.7 Å². The van der Waals surface area contributed by atoms with Gasteiger partial charge in [-0.15, -0.1) is 0 Å². The summed E-state index contributed by atoms with van der Waals surface area (Å²) in [5.41, 5.74) is 1.71. The molecule has 7 nitrogen and oxygen atoms in total. The maximum absolute atomic E-state index is 12.4. The first-order chi connectivity index (χ1) is 12.1. The van der Waals surface area contributed by atoms with Gasteiger partial charge < -0.3 is 14.7 Å². The van der Waals surface area contributed by atoms with E-state index in [1.165, 1.54) is 0 Å². The van der Waals surface area contributed by atoms with E-state index in [-0.39, 0.29) is 23.4 Å². The maximum atomic E-state index is 12.4. The van der Waals surface area contributed by atoms with Crippen LogP contribution in [0.3, 0.4) is 0 Å². The van der Waals surface area contributed by atoms with Crippen molar-refractivity contribution < 1.29 is 14.1 Å². The average Bonchev–Trinajstić information content (AvgIpc) is 3.00. The number of carbonyl (C=O) groups excluding carboxylic acids is 2. The number of rotatable bonds is 3. The fourth-order valence-corrected chi connectivity index (χ4v) is 2.88. The highest BCUT2D eigenvalue weighted by Gasteiger charge is 2.37. The number of benzene rings is 1. The highest BCUT2D eigenvalue weighted by atomic mass is 16.5.